The molecular formula is C29H30ClF4N5O3. The van der Waals surface area contributed by atoms with Gasteiger partial charge in [-0.05, 0) is 67.0 Å². The number of nitrogens with one attached hydrogen (secondary N) is 1. The summed E-state index contributed by atoms with van der Waals surface area (Å²) < 4.78 is 67.6. The average Bonchev–Trinajstić information content (AvgIpc) is 3.35. The maximum atomic E-state index is 14.5. The van der Waals surface area contributed by atoms with Crippen LogP contribution in [0.25, 0.3) is 11.1 Å². The first kappa shape index (κ1) is 29.8. The third-order valence-electron chi connectivity index (χ3n) is 7.78. The Morgan fingerprint density at radius 3 is 2.55 bits per heavy atom. The second kappa shape index (κ2) is 11.9. The molecule has 0 aliphatic carbocycles. The molecule has 3 aromatic rings. The van der Waals surface area contributed by atoms with E-state index in [0.717, 1.165) is 25.0 Å². The summed E-state index contributed by atoms with van der Waals surface area (Å²) in [5, 5.41) is 3.47. The Kier molecular flexibility index (Phi) is 8.47. The topological polar surface area (TPSA) is 103 Å². The van der Waals surface area contributed by atoms with Crippen LogP contribution in [0.2, 0.25) is 5.02 Å². The Balaban J connectivity index is 1.37. The van der Waals surface area contributed by atoms with E-state index < -0.39 is 18.1 Å². The highest BCUT2D eigenvalue weighted by Gasteiger charge is 2.46. The molecule has 2 fully saturated rings. The number of alkyl halides is 3. The minimum atomic E-state index is -4.84. The van der Waals surface area contributed by atoms with Gasteiger partial charge in [-0.2, -0.15) is 23.1 Å². The lowest BCUT2D eigenvalue weighted by atomic mass is 9.76. The number of nitrogen functional groups attached to an aromatic ring is 1. The molecular weight excluding hydrogens is 578 g/mol. The van der Waals surface area contributed by atoms with Crippen molar-refractivity contribution in [3.8, 4) is 17.0 Å². The molecule has 3 N–H and O–H groups in total. The van der Waals surface area contributed by atoms with Gasteiger partial charge in [-0.25, -0.2) is 4.39 Å². The smallest absolute Gasteiger partial charge is 0.429 e. The fraction of sp³-hybridized carbons (Fsp3) is 0.414. The molecule has 2 aliphatic heterocycles. The zero-order chi connectivity index (χ0) is 30.1. The molecule has 0 radical (unpaired) electrons. The minimum Gasteiger partial charge on any atom is -0.465 e. The van der Waals surface area contributed by atoms with Gasteiger partial charge in [-0.1, -0.05) is 29.8 Å². The monoisotopic (exact) mass is 607 g/mol. The van der Waals surface area contributed by atoms with Gasteiger partial charge < -0.3 is 25.4 Å². The number of esters is 1. The fourth-order valence-corrected chi connectivity index (χ4v) is 5.81. The quantitative estimate of drug-likeness (QED) is 0.260. The molecule has 13 heteroatoms. The maximum absolute atomic E-state index is 14.5. The van der Waals surface area contributed by atoms with Crippen LogP contribution in [0, 0.1) is 11.2 Å². The summed E-state index contributed by atoms with van der Waals surface area (Å²) in [4.78, 5) is 22.3. The molecule has 0 saturated carbocycles. The van der Waals surface area contributed by atoms with Crippen LogP contribution >= 0.6 is 11.6 Å². The summed E-state index contributed by atoms with van der Waals surface area (Å²) >= 11 is 6.12. The summed E-state index contributed by atoms with van der Waals surface area (Å²) in [5.41, 5.74) is 6.09. The number of aromatic nitrogens is 2. The first-order valence-electron chi connectivity index (χ1n) is 13.5. The van der Waals surface area contributed by atoms with Gasteiger partial charge >= 0.3 is 12.1 Å². The number of benzene rings is 2. The van der Waals surface area contributed by atoms with Gasteiger partial charge in [0.05, 0.1) is 6.61 Å². The lowest BCUT2D eigenvalue weighted by molar-refractivity contribution is -0.198. The van der Waals surface area contributed by atoms with E-state index in [9.17, 15) is 22.4 Å². The highest BCUT2D eigenvalue weighted by Crippen LogP contribution is 2.43. The van der Waals surface area contributed by atoms with Gasteiger partial charge in [0.25, 0.3) is 0 Å². The zero-order valence-electron chi connectivity index (χ0n) is 22.8. The van der Waals surface area contributed by atoms with Crippen molar-refractivity contribution in [2.45, 2.75) is 44.5 Å². The third kappa shape index (κ3) is 6.54. The van der Waals surface area contributed by atoms with Gasteiger partial charge in [-0.3, -0.25) is 4.79 Å². The van der Waals surface area contributed by atoms with Crippen LogP contribution in [0.3, 0.4) is 0 Å². The highest BCUT2D eigenvalue weighted by atomic mass is 35.5. The molecule has 1 unspecified atom stereocenters. The van der Waals surface area contributed by atoms with Crippen molar-refractivity contribution >= 4 is 29.3 Å². The summed E-state index contributed by atoms with van der Waals surface area (Å²) in [7, 11) is 0. The number of carbonyl (C=O) groups excluding carboxylic acids is 1. The Morgan fingerprint density at radius 1 is 1.17 bits per heavy atom. The molecule has 0 amide bonds. The molecule has 42 heavy (non-hydrogen) atoms. The molecule has 2 aromatic carbocycles. The molecule has 0 bridgehead atoms. The molecule has 1 spiro atoms. The lowest BCUT2D eigenvalue weighted by Gasteiger charge is -2.39. The van der Waals surface area contributed by atoms with Crippen LogP contribution in [-0.4, -0.2) is 54.4 Å². The van der Waals surface area contributed by atoms with Crippen molar-refractivity contribution in [3.63, 3.8) is 0 Å². The molecule has 2 atom stereocenters. The van der Waals surface area contributed by atoms with E-state index in [1.807, 2.05) is 4.90 Å². The third-order valence-corrected chi connectivity index (χ3v) is 8.01. The number of rotatable bonds is 7. The number of nitrogens with zero attached hydrogens (tertiary/aromatic N) is 3. The van der Waals surface area contributed by atoms with Crippen molar-refractivity contribution in [1.29, 1.82) is 0 Å². The van der Waals surface area contributed by atoms with Crippen LogP contribution < -0.4 is 20.7 Å². The van der Waals surface area contributed by atoms with Crippen molar-refractivity contribution in [2.75, 3.05) is 36.9 Å². The van der Waals surface area contributed by atoms with Gasteiger partial charge in [-0.15, -0.1) is 0 Å². The van der Waals surface area contributed by atoms with Crippen molar-refractivity contribution in [2.24, 2.45) is 5.41 Å². The van der Waals surface area contributed by atoms with Crippen LogP contribution in [0.1, 0.15) is 37.9 Å². The second-order valence-electron chi connectivity index (χ2n) is 10.6. The largest absolute Gasteiger partial charge is 0.465 e. The van der Waals surface area contributed by atoms with E-state index in [0.29, 0.717) is 44.0 Å². The number of halogens is 5. The maximum Gasteiger partial charge on any atom is 0.429 e. The number of anilines is 2. The summed E-state index contributed by atoms with van der Waals surface area (Å²) in [6, 6.07) is 9.98. The van der Waals surface area contributed by atoms with E-state index >= 15 is 0 Å². The molecule has 2 aliphatic rings. The molecule has 8 nitrogen and oxygen atoms in total. The lowest BCUT2D eigenvalue weighted by Crippen LogP contribution is -2.41. The number of hydrogen-bond acceptors (Lipinski definition) is 8. The van der Waals surface area contributed by atoms with Crippen molar-refractivity contribution < 1.29 is 31.8 Å². The Hall–Kier alpha value is -3.64. The van der Waals surface area contributed by atoms with Crippen LogP contribution in [0.15, 0.2) is 48.5 Å². The van der Waals surface area contributed by atoms with Crippen LogP contribution in [0.5, 0.6) is 5.88 Å². The van der Waals surface area contributed by atoms with Crippen LogP contribution in [0.4, 0.5) is 29.3 Å². The fourth-order valence-electron chi connectivity index (χ4n) is 5.63. The predicted molar refractivity (Wildman–Crippen MR) is 150 cm³/mol. The van der Waals surface area contributed by atoms with Gasteiger partial charge in [0.1, 0.15) is 17.7 Å². The van der Waals surface area contributed by atoms with Crippen LogP contribution in [-0.2, 0) is 9.53 Å². The summed E-state index contributed by atoms with van der Waals surface area (Å²) in [6.07, 6.45) is -5.12. The second-order valence-corrected chi connectivity index (χ2v) is 11.0. The number of hydrogen-bond donors (Lipinski definition) is 2. The first-order valence-corrected chi connectivity index (χ1v) is 13.9. The van der Waals surface area contributed by atoms with E-state index in [1.54, 1.807) is 6.92 Å². The van der Waals surface area contributed by atoms with E-state index in [2.05, 4.69) is 15.3 Å². The Labute approximate surface area is 245 Å². The van der Waals surface area contributed by atoms with Gasteiger partial charge in [0.15, 0.2) is 0 Å². The predicted octanol–water partition coefficient (Wildman–Crippen LogP) is 5.71. The van der Waals surface area contributed by atoms with E-state index in [4.69, 9.17) is 26.8 Å². The van der Waals surface area contributed by atoms with Crippen molar-refractivity contribution in [1.82, 2.24) is 15.3 Å². The normalized spacial score (nSPS) is 19.1. The van der Waals surface area contributed by atoms with E-state index in [-0.39, 0.29) is 45.4 Å². The van der Waals surface area contributed by atoms with Gasteiger partial charge in [0, 0.05) is 36.3 Å². The SMILES string of the molecule is CCOC(=O)C1CC2(CCN(c3cc(O[C@H](c4ccc(Cl)cc4-c4ccc(F)cc4)C(F)(F)F)nc(N)n3)CC2)CN1. The number of ether oxygens (including phenoxy) is 2. The first-order chi connectivity index (χ1) is 20.0. The Morgan fingerprint density at radius 2 is 1.88 bits per heavy atom. The van der Waals surface area contributed by atoms with Gasteiger partial charge in [0.2, 0.25) is 17.9 Å². The average molecular weight is 608 g/mol. The Bertz CT molecular complexity index is 1430. The minimum absolute atomic E-state index is 0.0848. The number of carbonyl (C=O) groups is 1. The standard InChI is InChI=1S/C29H30ClF4N5O3/c1-2-41-26(40)22-15-28(16-36-22)9-11-39(12-10-28)23-14-24(38-27(35)37-23)42-25(29(32,33)34)20-8-5-18(30)13-21(20)17-3-6-19(31)7-4-17/h3-8,13-14,22,25,36H,2,9-12,15-16H2,1H3,(H2,35,37,38)/t22?,25-/m1/s1. The molecule has 3 heterocycles. The molecule has 224 valence electrons. The molecule has 1 aromatic heterocycles. The number of nitrogens with two attached hydrogens (primary N) is 1. The zero-order valence-corrected chi connectivity index (χ0v) is 23.5. The summed E-state index contributed by atoms with van der Waals surface area (Å²) in [5.74, 6) is -1.02. The van der Waals surface area contributed by atoms with Crippen molar-refractivity contribution in [3.05, 3.63) is 64.9 Å². The highest BCUT2D eigenvalue weighted by molar-refractivity contribution is 6.30. The molecule has 2 saturated heterocycles. The summed E-state index contributed by atoms with van der Waals surface area (Å²) in [6.45, 7) is 3.88. The molecule has 5 rings (SSSR count). The number of piperidine rings is 1. The van der Waals surface area contributed by atoms with E-state index in [1.165, 1.54) is 36.4 Å².